The predicted molar refractivity (Wildman–Crippen MR) is 50.8 cm³/mol. The third-order valence-corrected chi connectivity index (χ3v) is 5.15. The molecule has 0 heterocycles. The van der Waals surface area contributed by atoms with Gasteiger partial charge in [-0.25, -0.2) is 0 Å². The van der Waals surface area contributed by atoms with Crippen LogP contribution in [-0.2, 0) is 0 Å². The molecule has 0 amide bonds. The molecule has 0 aromatic rings. The van der Waals surface area contributed by atoms with Gasteiger partial charge in [0.15, 0.2) is 0 Å². The van der Waals surface area contributed by atoms with E-state index in [1.54, 1.807) is 11.8 Å². The van der Waals surface area contributed by atoms with Gasteiger partial charge in [0, 0.05) is 0 Å². The van der Waals surface area contributed by atoms with Gasteiger partial charge in [0.25, 0.3) is 0 Å². The van der Waals surface area contributed by atoms with Gasteiger partial charge >= 0.3 is 70.8 Å². The van der Waals surface area contributed by atoms with E-state index in [0.717, 1.165) is 0 Å². The second-order valence-electron chi connectivity index (χ2n) is 1.08. The van der Waals surface area contributed by atoms with Gasteiger partial charge in [0.1, 0.15) is 0 Å². The van der Waals surface area contributed by atoms with E-state index in [9.17, 15) is 0 Å². The standard InChI is InChI=1S/C6H10S2Se/c1-3-7-5-6-9-8-4-2/h3,5-6H,1,4H2,2H3/b6-5-. The molecule has 0 aliphatic heterocycles. The summed E-state index contributed by atoms with van der Waals surface area (Å²) in [6.45, 7) is 5.77. The van der Waals surface area contributed by atoms with Crippen LogP contribution in [0.25, 0.3) is 0 Å². The van der Waals surface area contributed by atoms with Crippen LogP contribution in [0.5, 0.6) is 0 Å². The summed E-state index contributed by atoms with van der Waals surface area (Å²) in [5.74, 6) is 1.23. The van der Waals surface area contributed by atoms with Crippen LogP contribution in [0.4, 0.5) is 0 Å². The summed E-state index contributed by atoms with van der Waals surface area (Å²) in [7, 11) is 1.99. The first-order valence-electron chi connectivity index (χ1n) is 2.61. The van der Waals surface area contributed by atoms with Crippen LogP contribution in [0.2, 0.25) is 0 Å². The second-order valence-corrected chi connectivity index (χ2v) is 6.23. The van der Waals surface area contributed by atoms with Gasteiger partial charge in [-0.05, 0) is 0 Å². The average Bonchev–Trinajstić information content (AvgIpc) is 1.89. The van der Waals surface area contributed by atoms with Crippen LogP contribution in [-0.4, -0.2) is 19.6 Å². The molecule has 0 nitrogen and oxygen atoms in total. The summed E-state index contributed by atoms with van der Waals surface area (Å²) in [6, 6.07) is 0. The first-order chi connectivity index (χ1) is 4.41. The molecule has 0 bridgehead atoms. The van der Waals surface area contributed by atoms with Crippen molar-refractivity contribution in [3.8, 4) is 0 Å². The number of hydrogen-bond acceptors (Lipinski definition) is 2. The van der Waals surface area contributed by atoms with Crippen molar-refractivity contribution in [2.24, 2.45) is 0 Å². The monoisotopic (exact) mass is 226 g/mol. The topological polar surface area (TPSA) is 0 Å². The van der Waals surface area contributed by atoms with Crippen molar-refractivity contribution < 1.29 is 0 Å². The van der Waals surface area contributed by atoms with Crippen LogP contribution >= 0.6 is 21.9 Å². The summed E-state index contributed by atoms with van der Waals surface area (Å²) >= 11 is 2.29. The molecule has 9 heavy (non-hydrogen) atoms. The zero-order chi connectivity index (χ0) is 6.95. The quantitative estimate of drug-likeness (QED) is 0.521. The Morgan fingerprint density at radius 3 is 3.00 bits per heavy atom. The van der Waals surface area contributed by atoms with Crippen molar-refractivity contribution in [2.75, 3.05) is 5.75 Å². The molecule has 0 radical (unpaired) electrons. The molecular weight excluding hydrogens is 215 g/mol. The molecule has 0 aliphatic rings. The van der Waals surface area contributed by atoms with E-state index in [4.69, 9.17) is 0 Å². The Balaban J connectivity index is 2.94. The van der Waals surface area contributed by atoms with Gasteiger partial charge in [-0.3, -0.25) is 0 Å². The van der Waals surface area contributed by atoms with Gasteiger partial charge in [-0.1, -0.05) is 0 Å². The maximum absolute atomic E-state index is 3.59. The van der Waals surface area contributed by atoms with Crippen LogP contribution < -0.4 is 0 Å². The molecule has 0 spiro atoms. The molecule has 3 heteroatoms. The first kappa shape index (κ1) is 9.70. The van der Waals surface area contributed by atoms with Crippen molar-refractivity contribution in [2.45, 2.75) is 6.92 Å². The molecule has 0 aromatic heterocycles. The van der Waals surface area contributed by atoms with E-state index in [0.29, 0.717) is 13.8 Å². The van der Waals surface area contributed by atoms with E-state index in [1.165, 1.54) is 5.75 Å². The van der Waals surface area contributed by atoms with Crippen molar-refractivity contribution in [1.82, 2.24) is 0 Å². The Bertz CT molecular complexity index is 91.1. The van der Waals surface area contributed by atoms with Crippen LogP contribution in [0.1, 0.15) is 6.92 Å². The Morgan fingerprint density at radius 1 is 1.67 bits per heavy atom. The fourth-order valence-electron chi connectivity index (χ4n) is 0.218. The average molecular weight is 225 g/mol. The van der Waals surface area contributed by atoms with Crippen molar-refractivity contribution in [3.05, 3.63) is 22.4 Å². The van der Waals surface area contributed by atoms with Crippen molar-refractivity contribution in [1.29, 1.82) is 0 Å². The molecule has 0 aromatic carbocycles. The van der Waals surface area contributed by atoms with Crippen LogP contribution in [0, 0.1) is 0 Å². The fraction of sp³-hybridized carbons (Fsp3) is 0.333. The SMILES string of the molecule is C=CS/C=C\[Se]SCC. The molecule has 0 atom stereocenters. The third-order valence-electron chi connectivity index (χ3n) is 0.472. The number of rotatable bonds is 5. The molecule has 0 saturated carbocycles. The minimum atomic E-state index is 0.644. The molecular formula is C6H10S2Se. The maximum atomic E-state index is 3.59. The molecule has 0 rings (SSSR count). The summed E-state index contributed by atoms with van der Waals surface area (Å²) in [6.07, 6.45) is 0. The summed E-state index contributed by atoms with van der Waals surface area (Å²) < 4.78 is 0. The third kappa shape index (κ3) is 8.70. The van der Waals surface area contributed by atoms with E-state index in [-0.39, 0.29) is 0 Å². The number of thioether (sulfide) groups is 1. The normalized spacial score (nSPS) is 10.3. The van der Waals surface area contributed by atoms with Gasteiger partial charge in [-0.15, -0.1) is 0 Å². The van der Waals surface area contributed by atoms with Crippen LogP contribution in [0.15, 0.2) is 22.4 Å². The van der Waals surface area contributed by atoms with E-state index < -0.39 is 0 Å². The first-order valence-corrected chi connectivity index (χ1v) is 7.55. The molecule has 0 N–H and O–H groups in total. The van der Waals surface area contributed by atoms with Crippen molar-refractivity contribution in [3.63, 3.8) is 0 Å². The Morgan fingerprint density at radius 2 is 2.44 bits per heavy atom. The second kappa shape index (κ2) is 8.70. The van der Waals surface area contributed by atoms with Gasteiger partial charge < -0.3 is 0 Å². The Labute approximate surface area is 70.8 Å². The predicted octanol–water partition coefficient (Wildman–Crippen LogP) is 2.71. The van der Waals surface area contributed by atoms with E-state index in [1.807, 2.05) is 15.6 Å². The Kier molecular flexibility index (Phi) is 9.38. The minimum absolute atomic E-state index is 0.644. The Hall–Kier alpha value is 0.699. The molecule has 0 aliphatic carbocycles. The fourth-order valence-corrected chi connectivity index (χ4v) is 3.40. The van der Waals surface area contributed by atoms with Crippen LogP contribution in [0.3, 0.4) is 0 Å². The van der Waals surface area contributed by atoms with Gasteiger partial charge in [0.05, 0.1) is 0 Å². The van der Waals surface area contributed by atoms with Gasteiger partial charge in [0.2, 0.25) is 0 Å². The van der Waals surface area contributed by atoms with Gasteiger partial charge in [-0.2, -0.15) is 0 Å². The summed E-state index contributed by atoms with van der Waals surface area (Å²) in [5.41, 5.74) is 0. The number of hydrogen-bond donors (Lipinski definition) is 0. The molecule has 52 valence electrons. The summed E-state index contributed by atoms with van der Waals surface area (Å²) in [5, 5.41) is 3.93. The van der Waals surface area contributed by atoms with Crippen molar-refractivity contribution >= 4 is 35.8 Å². The molecule has 0 saturated heterocycles. The summed E-state index contributed by atoms with van der Waals surface area (Å²) in [4.78, 5) is 2.22. The van der Waals surface area contributed by atoms with E-state index >= 15 is 0 Å². The molecule has 0 unspecified atom stereocenters. The molecule has 0 fully saturated rings. The van der Waals surface area contributed by atoms with E-state index in [2.05, 4.69) is 23.9 Å². The zero-order valence-corrected chi connectivity index (χ0v) is 8.72. The zero-order valence-electron chi connectivity index (χ0n) is 5.37.